The Kier molecular flexibility index (Phi) is 2.36. The molecule has 0 unspecified atom stereocenters. The van der Waals surface area contributed by atoms with Gasteiger partial charge in [0.2, 0.25) is 0 Å². The Morgan fingerprint density at radius 2 is 1.56 bits per heavy atom. The molecule has 2 saturated heterocycles. The van der Waals surface area contributed by atoms with Crippen LogP contribution in [-0.2, 0) is 0 Å². The summed E-state index contributed by atoms with van der Waals surface area (Å²) in [6.07, 6.45) is 5.90. The van der Waals surface area contributed by atoms with Crippen LogP contribution >= 0.6 is 12.4 Å². The van der Waals surface area contributed by atoms with E-state index < -0.39 is 0 Å². The fourth-order valence-electron chi connectivity index (χ4n) is 2.05. The van der Waals surface area contributed by atoms with E-state index in [0.717, 1.165) is 6.04 Å². The van der Waals surface area contributed by atoms with Gasteiger partial charge in [-0.15, -0.1) is 12.4 Å². The summed E-state index contributed by atoms with van der Waals surface area (Å²) in [7, 11) is 0. The molecule has 54 valence electrons. The normalized spacial score (nSPS) is 28.0. The number of rotatable bonds is 0. The van der Waals surface area contributed by atoms with Gasteiger partial charge in [-0.05, 0) is 38.8 Å². The third kappa shape index (κ3) is 1.22. The third-order valence-corrected chi connectivity index (χ3v) is 2.48. The second kappa shape index (κ2) is 2.89. The molecule has 0 bridgehead atoms. The summed E-state index contributed by atoms with van der Waals surface area (Å²) < 4.78 is 0. The van der Waals surface area contributed by atoms with Gasteiger partial charge >= 0.3 is 0 Å². The van der Waals surface area contributed by atoms with Gasteiger partial charge in [-0.1, -0.05) is 0 Å². The molecule has 2 fully saturated rings. The second-order valence-corrected chi connectivity index (χ2v) is 2.97. The molecule has 0 aromatic carbocycles. The summed E-state index contributed by atoms with van der Waals surface area (Å²) >= 11 is 0. The molecule has 2 heterocycles. The van der Waals surface area contributed by atoms with Crippen LogP contribution in [-0.4, -0.2) is 24.0 Å². The van der Waals surface area contributed by atoms with Crippen LogP contribution in [0, 0.1) is 0 Å². The first-order chi connectivity index (χ1) is 3.97. The van der Waals surface area contributed by atoms with Gasteiger partial charge in [-0.3, -0.25) is 0 Å². The molecule has 0 N–H and O–H groups in total. The highest BCUT2D eigenvalue weighted by atomic mass is 35.5. The van der Waals surface area contributed by atoms with Crippen molar-refractivity contribution in [3.8, 4) is 0 Å². The smallest absolute Gasteiger partial charge is 0.00962 e. The number of hydrogen-bond donors (Lipinski definition) is 0. The molecule has 0 aromatic rings. The summed E-state index contributed by atoms with van der Waals surface area (Å²) in [4.78, 5) is 2.64. The van der Waals surface area contributed by atoms with Crippen LogP contribution in [0.5, 0.6) is 0 Å². The summed E-state index contributed by atoms with van der Waals surface area (Å²) in [6, 6.07) is 1.01. The van der Waals surface area contributed by atoms with Crippen LogP contribution in [0.3, 0.4) is 0 Å². The first-order valence-electron chi connectivity index (χ1n) is 3.71. The molecule has 0 spiro atoms. The van der Waals surface area contributed by atoms with Gasteiger partial charge in [0.05, 0.1) is 0 Å². The number of nitrogens with zero attached hydrogens (tertiary/aromatic N) is 1. The third-order valence-electron chi connectivity index (χ3n) is 2.48. The maximum atomic E-state index is 2.64. The zero-order valence-corrected chi connectivity index (χ0v) is 6.49. The minimum atomic E-state index is 0. The minimum Gasteiger partial charge on any atom is -0.300 e. The standard InChI is InChI=1S/C7H13N.ClH/c1-3-7-4-2-6-8(7)5-1;/h7H,1-6H2;1H. The lowest BCUT2D eigenvalue weighted by Crippen LogP contribution is -2.21. The highest BCUT2D eigenvalue weighted by Crippen LogP contribution is 2.26. The van der Waals surface area contributed by atoms with E-state index in [1.165, 1.54) is 38.8 Å². The van der Waals surface area contributed by atoms with Crippen molar-refractivity contribution in [1.29, 1.82) is 0 Å². The predicted octanol–water partition coefficient (Wildman–Crippen LogP) is 1.67. The maximum absolute atomic E-state index is 2.64. The van der Waals surface area contributed by atoms with Gasteiger partial charge in [0, 0.05) is 6.04 Å². The molecule has 0 aromatic heterocycles. The van der Waals surface area contributed by atoms with Crippen molar-refractivity contribution >= 4 is 12.4 Å². The lowest BCUT2D eigenvalue weighted by molar-refractivity contribution is 0.325. The molecular weight excluding hydrogens is 134 g/mol. The minimum absolute atomic E-state index is 0. The van der Waals surface area contributed by atoms with E-state index in [0.29, 0.717) is 0 Å². The Labute approximate surface area is 62.8 Å². The SMILES string of the molecule is C1CC2CCCN2C1.Cl. The maximum Gasteiger partial charge on any atom is 0.00962 e. The lowest BCUT2D eigenvalue weighted by atomic mass is 10.2. The van der Waals surface area contributed by atoms with Gasteiger partial charge in [0.15, 0.2) is 0 Å². The number of halogens is 1. The van der Waals surface area contributed by atoms with Crippen molar-refractivity contribution in [1.82, 2.24) is 4.90 Å². The molecule has 0 radical (unpaired) electrons. The van der Waals surface area contributed by atoms with Gasteiger partial charge < -0.3 is 4.90 Å². The van der Waals surface area contributed by atoms with Crippen molar-refractivity contribution in [3.05, 3.63) is 0 Å². The van der Waals surface area contributed by atoms with E-state index in [-0.39, 0.29) is 12.4 Å². The first-order valence-corrected chi connectivity index (χ1v) is 3.71. The largest absolute Gasteiger partial charge is 0.300 e. The van der Waals surface area contributed by atoms with Crippen LogP contribution in [0.15, 0.2) is 0 Å². The van der Waals surface area contributed by atoms with Gasteiger partial charge in [-0.2, -0.15) is 0 Å². The molecule has 2 aliphatic heterocycles. The summed E-state index contributed by atoms with van der Waals surface area (Å²) in [5.41, 5.74) is 0. The van der Waals surface area contributed by atoms with Gasteiger partial charge in [0.25, 0.3) is 0 Å². The molecule has 0 aliphatic carbocycles. The molecule has 0 amide bonds. The van der Waals surface area contributed by atoms with Crippen LogP contribution in [0.4, 0.5) is 0 Å². The summed E-state index contributed by atoms with van der Waals surface area (Å²) in [5, 5.41) is 0. The van der Waals surface area contributed by atoms with Crippen molar-refractivity contribution in [2.75, 3.05) is 13.1 Å². The lowest BCUT2D eigenvalue weighted by Gasteiger charge is -2.11. The van der Waals surface area contributed by atoms with E-state index >= 15 is 0 Å². The number of hydrogen-bond acceptors (Lipinski definition) is 1. The molecule has 9 heavy (non-hydrogen) atoms. The van der Waals surface area contributed by atoms with Crippen molar-refractivity contribution in [2.45, 2.75) is 31.7 Å². The molecule has 0 saturated carbocycles. The van der Waals surface area contributed by atoms with E-state index in [9.17, 15) is 0 Å². The fourth-order valence-corrected chi connectivity index (χ4v) is 2.05. The fraction of sp³-hybridized carbons (Fsp3) is 1.00. The van der Waals surface area contributed by atoms with E-state index in [2.05, 4.69) is 4.90 Å². The second-order valence-electron chi connectivity index (χ2n) is 2.97. The Morgan fingerprint density at radius 3 is 2.00 bits per heavy atom. The molecule has 0 atom stereocenters. The van der Waals surface area contributed by atoms with Gasteiger partial charge in [-0.25, -0.2) is 0 Å². The van der Waals surface area contributed by atoms with Gasteiger partial charge in [0.1, 0.15) is 0 Å². The van der Waals surface area contributed by atoms with Crippen LogP contribution < -0.4 is 0 Å². The van der Waals surface area contributed by atoms with Crippen molar-refractivity contribution in [2.24, 2.45) is 0 Å². The Bertz CT molecular complexity index is 74.9. The highest BCUT2D eigenvalue weighted by molar-refractivity contribution is 5.85. The Morgan fingerprint density at radius 1 is 1.00 bits per heavy atom. The average molecular weight is 148 g/mol. The number of fused-ring (bicyclic) bond motifs is 1. The monoisotopic (exact) mass is 147 g/mol. The summed E-state index contributed by atoms with van der Waals surface area (Å²) in [6.45, 7) is 2.79. The van der Waals surface area contributed by atoms with Crippen LogP contribution in [0.1, 0.15) is 25.7 Å². The van der Waals surface area contributed by atoms with Crippen LogP contribution in [0.25, 0.3) is 0 Å². The zero-order valence-electron chi connectivity index (χ0n) is 5.68. The zero-order chi connectivity index (χ0) is 5.40. The summed E-state index contributed by atoms with van der Waals surface area (Å²) in [5.74, 6) is 0. The molecule has 2 aliphatic rings. The van der Waals surface area contributed by atoms with E-state index in [1.54, 1.807) is 0 Å². The highest BCUT2D eigenvalue weighted by Gasteiger charge is 2.27. The van der Waals surface area contributed by atoms with Crippen molar-refractivity contribution in [3.63, 3.8) is 0 Å². The van der Waals surface area contributed by atoms with Crippen LogP contribution in [0.2, 0.25) is 0 Å². The quantitative estimate of drug-likeness (QED) is 0.504. The van der Waals surface area contributed by atoms with Crippen molar-refractivity contribution < 1.29 is 0 Å². The molecule has 1 nitrogen and oxygen atoms in total. The van der Waals surface area contributed by atoms with E-state index in [4.69, 9.17) is 0 Å². The van der Waals surface area contributed by atoms with E-state index in [1.807, 2.05) is 0 Å². The Hall–Kier alpha value is 0.250. The predicted molar refractivity (Wildman–Crippen MR) is 41.1 cm³/mol. The molecule has 2 rings (SSSR count). The topological polar surface area (TPSA) is 3.24 Å². The Balaban J connectivity index is 0.000000405. The molecular formula is C7H14ClN. The first kappa shape index (κ1) is 7.36. The molecule has 2 heteroatoms. The average Bonchev–Trinajstić information content (AvgIpc) is 2.15.